The Balaban J connectivity index is 2.07. The number of hydrogen-bond donors (Lipinski definition) is 4. The summed E-state index contributed by atoms with van der Waals surface area (Å²) in [5, 5.41) is 25.0. The van der Waals surface area contributed by atoms with Gasteiger partial charge in [-0.2, -0.15) is 4.98 Å². The molecule has 1 aromatic heterocycles. The zero-order valence-corrected chi connectivity index (χ0v) is 9.83. The van der Waals surface area contributed by atoms with Crippen LogP contribution in [0.25, 0.3) is 11.4 Å². The van der Waals surface area contributed by atoms with E-state index >= 15 is 0 Å². The number of benzene rings is 1. The summed E-state index contributed by atoms with van der Waals surface area (Å²) in [4.78, 5) is 14.6. The molecule has 0 saturated heterocycles. The van der Waals surface area contributed by atoms with E-state index in [-0.39, 0.29) is 36.3 Å². The number of nitrogens with one attached hydrogen (secondary N) is 1. The van der Waals surface area contributed by atoms with Gasteiger partial charge in [-0.25, -0.2) is 0 Å². The van der Waals surface area contributed by atoms with Gasteiger partial charge in [-0.1, -0.05) is 5.16 Å². The van der Waals surface area contributed by atoms with Crippen molar-refractivity contribution in [3.63, 3.8) is 0 Å². The Labute approximate surface area is 107 Å². The number of nitrogens with two attached hydrogens (primary N) is 1. The molecule has 1 heterocycles. The number of carbonyl (C=O) groups is 1. The number of phenolic OH excluding ortho intramolecular Hbond substituents is 2. The van der Waals surface area contributed by atoms with Crippen molar-refractivity contribution in [1.82, 2.24) is 15.5 Å². The Kier molecular flexibility index (Phi) is 3.62. The summed E-state index contributed by atoms with van der Waals surface area (Å²) in [6.07, 6.45) is 0. The molecule has 8 heteroatoms. The molecule has 0 aliphatic heterocycles. The first kappa shape index (κ1) is 12.8. The van der Waals surface area contributed by atoms with Crippen molar-refractivity contribution in [1.29, 1.82) is 0 Å². The molecule has 8 nitrogen and oxygen atoms in total. The van der Waals surface area contributed by atoms with Gasteiger partial charge >= 0.3 is 0 Å². The van der Waals surface area contributed by atoms with Crippen LogP contribution >= 0.6 is 0 Å². The van der Waals surface area contributed by atoms with Crippen molar-refractivity contribution in [2.75, 3.05) is 6.54 Å². The van der Waals surface area contributed by atoms with Crippen LogP contribution in [0.5, 0.6) is 11.5 Å². The molecule has 1 aromatic carbocycles. The number of phenols is 2. The SMILES string of the molecule is NC(=O)CNCc1nc(-c2ccc(O)c(O)c2)no1. The number of hydrogen-bond acceptors (Lipinski definition) is 7. The van der Waals surface area contributed by atoms with E-state index in [1.807, 2.05) is 0 Å². The summed E-state index contributed by atoms with van der Waals surface area (Å²) in [5.74, 6) is -0.426. The van der Waals surface area contributed by atoms with E-state index in [9.17, 15) is 15.0 Å². The van der Waals surface area contributed by atoms with Crippen molar-refractivity contribution in [3.05, 3.63) is 24.1 Å². The Morgan fingerprint density at radius 2 is 2.16 bits per heavy atom. The highest BCUT2D eigenvalue weighted by molar-refractivity contribution is 5.75. The molecule has 2 rings (SSSR count). The lowest BCUT2D eigenvalue weighted by molar-refractivity contribution is -0.117. The largest absolute Gasteiger partial charge is 0.504 e. The van der Waals surface area contributed by atoms with Crippen molar-refractivity contribution in [2.45, 2.75) is 6.54 Å². The molecular formula is C11H12N4O4. The molecule has 100 valence electrons. The minimum atomic E-state index is -0.483. The third-order valence-electron chi connectivity index (χ3n) is 2.28. The topological polar surface area (TPSA) is 134 Å². The maximum absolute atomic E-state index is 10.5. The molecule has 0 spiro atoms. The second-order valence-corrected chi connectivity index (χ2v) is 3.79. The quantitative estimate of drug-likeness (QED) is 0.545. The lowest BCUT2D eigenvalue weighted by Gasteiger charge is -1.98. The van der Waals surface area contributed by atoms with E-state index in [2.05, 4.69) is 15.5 Å². The smallest absolute Gasteiger partial charge is 0.240 e. The Morgan fingerprint density at radius 1 is 1.37 bits per heavy atom. The molecule has 0 aliphatic rings. The fourth-order valence-corrected chi connectivity index (χ4v) is 1.40. The van der Waals surface area contributed by atoms with Crippen molar-refractivity contribution < 1.29 is 19.5 Å². The molecule has 0 fully saturated rings. The minimum Gasteiger partial charge on any atom is -0.504 e. The number of rotatable bonds is 5. The molecule has 0 radical (unpaired) electrons. The first-order chi connectivity index (χ1) is 9.06. The van der Waals surface area contributed by atoms with Gasteiger partial charge in [0.25, 0.3) is 0 Å². The molecular weight excluding hydrogens is 252 g/mol. The maximum Gasteiger partial charge on any atom is 0.240 e. The van der Waals surface area contributed by atoms with Gasteiger partial charge in [0.15, 0.2) is 11.5 Å². The molecule has 19 heavy (non-hydrogen) atoms. The van der Waals surface area contributed by atoms with Gasteiger partial charge < -0.3 is 20.5 Å². The Hall–Kier alpha value is -2.61. The van der Waals surface area contributed by atoms with Gasteiger partial charge in [-0.3, -0.25) is 10.1 Å². The van der Waals surface area contributed by atoms with Crippen LogP contribution in [0.1, 0.15) is 5.89 Å². The van der Waals surface area contributed by atoms with Gasteiger partial charge in [0.2, 0.25) is 17.6 Å². The van der Waals surface area contributed by atoms with Gasteiger partial charge in [0.1, 0.15) is 0 Å². The van der Waals surface area contributed by atoms with E-state index in [0.29, 0.717) is 5.56 Å². The second kappa shape index (κ2) is 5.36. The molecule has 0 saturated carbocycles. The predicted octanol–water partition coefficient (Wildman–Crippen LogP) is -0.277. The normalized spacial score (nSPS) is 10.5. The number of amides is 1. The molecule has 1 amide bonds. The summed E-state index contributed by atoms with van der Waals surface area (Å²) in [6, 6.07) is 4.19. The van der Waals surface area contributed by atoms with Gasteiger partial charge in [-0.15, -0.1) is 0 Å². The second-order valence-electron chi connectivity index (χ2n) is 3.79. The average Bonchev–Trinajstić information content (AvgIpc) is 2.81. The maximum atomic E-state index is 10.5. The van der Waals surface area contributed by atoms with Crippen LogP contribution in [0.2, 0.25) is 0 Å². The molecule has 5 N–H and O–H groups in total. The number of primary amides is 1. The number of nitrogens with zero attached hydrogens (tertiary/aromatic N) is 2. The lowest BCUT2D eigenvalue weighted by Crippen LogP contribution is -2.28. The van der Waals surface area contributed by atoms with Gasteiger partial charge in [-0.05, 0) is 18.2 Å². The molecule has 0 aliphatic carbocycles. The third-order valence-corrected chi connectivity index (χ3v) is 2.28. The van der Waals surface area contributed by atoms with E-state index in [4.69, 9.17) is 10.3 Å². The van der Waals surface area contributed by atoms with Crippen molar-refractivity contribution in [3.8, 4) is 22.9 Å². The highest BCUT2D eigenvalue weighted by Crippen LogP contribution is 2.28. The standard InChI is InChI=1S/C11H12N4O4/c12-9(18)4-13-5-10-14-11(15-19-10)6-1-2-7(16)8(17)3-6/h1-3,13,16-17H,4-5H2,(H2,12,18). The van der Waals surface area contributed by atoms with Gasteiger partial charge in [0, 0.05) is 5.56 Å². The van der Waals surface area contributed by atoms with Crippen LogP contribution in [0.3, 0.4) is 0 Å². The third kappa shape index (κ3) is 3.19. The zero-order valence-electron chi connectivity index (χ0n) is 9.83. The highest BCUT2D eigenvalue weighted by atomic mass is 16.5. The predicted molar refractivity (Wildman–Crippen MR) is 64.0 cm³/mol. The summed E-state index contributed by atoms with van der Waals surface area (Å²) in [5.41, 5.74) is 5.46. The number of aromatic hydroxyl groups is 2. The highest BCUT2D eigenvalue weighted by Gasteiger charge is 2.10. The first-order valence-corrected chi connectivity index (χ1v) is 5.40. The molecule has 2 aromatic rings. The lowest BCUT2D eigenvalue weighted by atomic mass is 10.2. The van der Waals surface area contributed by atoms with E-state index in [0.717, 1.165) is 0 Å². The fourth-order valence-electron chi connectivity index (χ4n) is 1.40. The molecule has 0 atom stereocenters. The summed E-state index contributed by atoms with van der Waals surface area (Å²) in [6.45, 7) is 0.220. The number of carbonyl (C=O) groups excluding carboxylic acids is 1. The van der Waals surface area contributed by atoms with Crippen LogP contribution < -0.4 is 11.1 Å². The monoisotopic (exact) mass is 264 g/mol. The van der Waals surface area contributed by atoms with E-state index < -0.39 is 5.91 Å². The first-order valence-electron chi connectivity index (χ1n) is 5.40. The summed E-state index contributed by atoms with van der Waals surface area (Å²) in [7, 11) is 0. The van der Waals surface area contributed by atoms with Crippen molar-refractivity contribution >= 4 is 5.91 Å². The van der Waals surface area contributed by atoms with Crippen LogP contribution in [0.4, 0.5) is 0 Å². The average molecular weight is 264 g/mol. The molecule has 0 unspecified atom stereocenters. The minimum absolute atomic E-state index is 0.0116. The van der Waals surface area contributed by atoms with Crippen LogP contribution in [-0.2, 0) is 11.3 Å². The molecule has 0 bridgehead atoms. The van der Waals surface area contributed by atoms with E-state index in [1.165, 1.54) is 12.1 Å². The Morgan fingerprint density at radius 3 is 2.84 bits per heavy atom. The van der Waals surface area contributed by atoms with Crippen LogP contribution in [-0.4, -0.2) is 32.8 Å². The van der Waals surface area contributed by atoms with Crippen LogP contribution in [0.15, 0.2) is 22.7 Å². The van der Waals surface area contributed by atoms with Crippen molar-refractivity contribution in [2.24, 2.45) is 5.73 Å². The van der Waals surface area contributed by atoms with Crippen LogP contribution in [0, 0.1) is 0 Å². The number of aromatic nitrogens is 2. The summed E-state index contributed by atoms with van der Waals surface area (Å²) >= 11 is 0. The van der Waals surface area contributed by atoms with Gasteiger partial charge in [0.05, 0.1) is 13.1 Å². The summed E-state index contributed by atoms with van der Waals surface area (Å²) < 4.78 is 4.95. The Bertz CT molecular complexity index is 596. The van der Waals surface area contributed by atoms with E-state index in [1.54, 1.807) is 6.07 Å². The zero-order chi connectivity index (χ0) is 13.8. The fraction of sp³-hybridized carbons (Fsp3) is 0.182.